The molecule has 0 bridgehead atoms. The highest BCUT2D eigenvalue weighted by molar-refractivity contribution is 5.84. The van der Waals surface area contributed by atoms with Crippen molar-refractivity contribution in [2.45, 2.75) is 6.54 Å². The predicted octanol–water partition coefficient (Wildman–Crippen LogP) is 3.74. The maximum Gasteiger partial charge on any atom is 0.167 e. The van der Waals surface area contributed by atoms with Crippen LogP contribution in [0.4, 0.5) is 17.3 Å². The number of pyridine rings is 2. The van der Waals surface area contributed by atoms with Crippen LogP contribution < -0.4 is 15.5 Å². The van der Waals surface area contributed by atoms with Gasteiger partial charge >= 0.3 is 0 Å². The maximum atomic E-state index is 11.0. The summed E-state index contributed by atoms with van der Waals surface area (Å²) in [4.78, 5) is 32.3. The molecule has 2 aliphatic rings. The van der Waals surface area contributed by atoms with Crippen molar-refractivity contribution in [2.75, 3.05) is 68.0 Å². The molecule has 11 heteroatoms. The van der Waals surface area contributed by atoms with E-state index in [1.807, 2.05) is 30.3 Å². The maximum absolute atomic E-state index is 11.0. The number of carbonyl (C=O) groups excluding carboxylic acids is 1. The molecule has 2 saturated heterocycles. The highest BCUT2D eigenvalue weighted by Crippen LogP contribution is 2.32. The van der Waals surface area contributed by atoms with Gasteiger partial charge in [0.2, 0.25) is 0 Å². The number of morpholine rings is 1. The molecule has 11 nitrogen and oxygen atoms in total. The van der Waals surface area contributed by atoms with Gasteiger partial charge in [-0.3, -0.25) is 14.3 Å². The number of phenolic OH excluding ortho intramolecular Hbond substituents is 1. The Hall–Kier alpha value is -5.00. The number of aromatic hydroxyl groups is 1. The summed E-state index contributed by atoms with van der Waals surface area (Å²) in [6.45, 7) is 7.26. The highest BCUT2D eigenvalue weighted by atomic mass is 16.5. The molecule has 0 aliphatic carbocycles. The number of carbonyl (C=O) groups is 1. The number of nitrogen functional groups attached to an aromatic ring is 1. The number of benzene rings is 2. The lowest BCUT2D eigenvalue weighted by atomic mass is 10.1. The number of aromatic nitrogens is 4. The van der Waals surface area contributed by atoms with E-state index in [1.54, 1.807) is 18.3 Å². The molecular formula is C33H34N8O3. The van der Waals surface area contributed by atoms with E-state index in [9.17, 15) is 9.90 Å². The SMILES string of the molecule is Nc1ncccc1-c1nc2ccc(N3CCOCC3)nc2n1-c1ccc(CN2CCN(c3ccc(C=O)c(O)c3)CC2)cc1. The lowest BCUT2D eigenvalue weighted by molar-refractivity contribution is 0.112. The number of anilines is 3. The Kier molecular flexibility index (Phi) is 7.55. The molecule has 0 amide bonds. The molecule has 2 aromatic carbocycles. The predicted molar refractivity (Wildman–Crippen MR) is 171 cm³/mol. The third kappa shape index (κ3) is 5.43. The van der Waals surface area contributed by atoms with E-state index in [0.29, 0.717) is 36.7 Å². The minimum Gasteiger partial charge on any atom is -0.507 e. The van der Waals surface area contributed by atoms with Gasteiger partial charge in [0.05, 0.1) is 24.3 Å². The van der Waals surface area contributed by atoms with Gasteiger partial charge in [0.1, 0.15) is 22.9 Å². The molecule has 224 valence electrons. The molecule has 3 aromatic heterocycles. The number of hydrogen-bond donors (Lipinski definition) is 2. The molecule has 44 heavy (non-hydrogen) atoms. The van der Waals surface area contributed by atoms with Crippen LogP contribution >= 0.6 is 0 Å². The Labute approximate surface area is 255 Å². The first-order valence-corrected chi connectivity index (χ1v) is 14.9. The van der Waals surface area contributed by atoms with Gasteiger partial charge in [-0.25, -0.2) is 15.0 Å². The molecule has 0 saturated carbocycles. The number of imidazole rings is 1. The first-order valence-electron chi connectivity index (χ1n) is 14.9. The van der Waals surface area contributed by atoms with Crippen molar-refractivity contribution in [3.8, 4) is 22.8 Å². The Balaban J connectivity index is 1.13. The third-order valence-corrected chi connectivity index (χ3v) is 8.38. The average molecular weight is 591 g/mol. The van der Waals surface area contributed by atoms with Crippen molar-refractivity contribution in [2.24, 2.45) is 0 Å². The number of phenols is 1. The summed E-state index contributed by atoms with van der Waals surface area (Å²) in [6.07, 6.45) is 2.36. The van der Waals surface area contributed by atoms with E-state index in [4.69, 9.17) is 20.4 Å². The fourth-order valence-corrected chi connectivity index (χ4v) is 5.95. The second-order valence-electron chi connectivity index (χ2n) is 11.1. The zero-order valence-electron chi connectivity index (χ0n) is 24.3. The van der Waals surface area contributed by atoms with Crippen LogP contribution in [0.1, 0.15) is 15.9 Å². The van der Waals surface area contributed by atoms with Crippen LogP contribution in [0.2, 0.25) is 0 Å². The molecule has 3 N–H and O–H groups in total. The van der Waals surface area contributed by atoms with E-state index >= 15 is 0 Å². The zero-order valence-corrected chi connectivity index (χ0v) is 24.3. The third-order valence-electron chi connectivity index (χ3n) is 8.38. The van der Waals surface area contributed by atoms with Crippen LogP contribution in [0, 0.1) is 0 Å². The lowest BCUT2D eigenvalue weighted by Gasteiger charge is -2.36. The van der Waals surface area contributed by atoms with Crippen molar-refractivity contribution in [1.82, 2.24) is 24.4 Å². The lowest BCUT2D eigenvalue weighted by Crippen LogP contribution is -2.45. The van der Waals surface area contributed by atoms with Gasteiger partial charge in [-0.1, -0.05) is 12.1 Å². The van der Waals surface area contributed by atoms with E-state index in [-0.39, 0.29) is 5.75 Å². The molecule has 2 fully saturated rings. The number of ether oxygens (including phenoxy) is 1. The quantitative estimate of drug-likeness (QED) is 0.271. The van der Waals surface area contributed by atoms with E-state index < -0.39 is 0 Å². The molecular weight excluding hydrogens is 556 g/mol. The number of fused-ring (bicyclic) bond motifs is 1. The van der Waals surface area contributed by atoms with Gasteiger partial charge < -0.3 is 25.4 Å². The number of nitrogens with two attached hydrogens (primary N) is 1. The number of hydrogen-bond acceptors (Lipinski definition) is 10. The van der Waals surface area contributed by atoms with Crippen LogP contribution in [0.25, 0.3) is 28.2 Å². The van der Waals surface area contributed by atoms with Crippen LogP contribution in [-0.2, 0) is 11.3 Å². The summed E-state index contributed by atoms with van der Waals surface area (Å²) in [7, 11) is 0. The normalized spacial score (nSPS) is 16.0. The molecule has 0 spiro atoms. The van der Waals surface area contributed by atoms with E-state index in [1.165, 1.54) is 5.56 Å². The molecule has 0 radical (unpaired) electrons. The standard InChI is InChI=1S/C33H34N8O3/c34-31-27(2-1-11-35-31)32-36-28-9-10-30(40-16-18-44-19-17-40)37-33(28)41(32)25-6-3-23(4-7-25)21-38-12-14-39(15-13-38)26-8-5-24(22-42)29(43)20-26/h1-11,20,22,43H,12-19,21H2,(H2,34,35). The van der Waals surface area contributed by atoms with Crippen LogP contribution in [0.3, 0.4) is 0 Å². The monoisotopic (exact) mass is 590 g/mol. The van der Waals surface area contributed by atoms with Crippen molar-refractivity contribution in [3.63, 3.8) is 0 Å². The molecule has 0 atom stereocenters. The smallest absolute Gasteiger partial charge is 0.167 e. The van der Waals surface area contributed by atoms with Gasteiger partial charge in [0, 0.05) is 69.5 Å². The Morgan fingerprint density at radius 1 is 0.864 bits per heavy atom. The fourth-order valence-electron chi connectivity index (χ4n) is 5.95. The number of piperazine rings is 1. The fraction of sp³-hybridized carbons (Fsp3) is 0.273. The molecule has 2 aliphatic heterocycles. The minimum absolute atomic E-state index is 0.0209. The van der Waals surface area contributed by atoms with Crippen LogP contribution in [0.15, 0.2) is 72.9 Å². The van der Waals surface area contributed by atoms with E-state index in [0.717, 1.165) is 79.7 Å². The van der Waals surface area contributed by atoms with Crippen molar-refractivity contribution < 1.29 is 14.6 Å². The average Bonchev–Trinajstić information content (AvgIpc) is 3.44. The molecule has 0 unspecified atom stereocenters. The number of nitrogens with zero attached hydrogens (tertiary/aromatic N) is 7. The first kappa shape index (κ1) is 27.8. The molecule has 7 rings (SSSR count). The Bertz CT molecular complexity index is 1790. The van der Waals surface area contributed by atoms with Crippen molar-refractivity contribution >= 4 is 34.8 Å². The molecule has 5 aromatic rings. The largest absolute Gasteiger partial charge is 0.507 e. The van der Waals surface area contributed by atoms with E-state index in [2.05, 4.69) is 48.5 Å². The summed E-state index contributed by atoms with van der Waals surface area (Å²) in [6, 6.07) is 21.6. The van der Waals surface area contributed by atoms with Gasteiger partial charge in [0.25, 0.3) is 0 Å². The van der Waals surface area contributed by atoms with Crippen LogP contribution in [0.5, 0.6) is 5.75 Å². The highest BCUT2D eigenvalue weighted by Gasteiger charge is 2.22. The topological polar surface area (TPSA) is 126 Å². The van der Waals surface area contributed by atoms with Crippen molar-refractivity contribution in [3.05, 3.63) is 84.1 Å². The van der Waals surface area contributed by atoms with Gasteiger partial charge in [0.15, 0.2) is 17.8 Å². The minimum atomic E-state index is 0.0209. The van der Waals surface area contributed by atoms with Gasteiger partial charge in [-0.05, 0) is 54.1 Å². The Morgan fingerprint density at radius 3 is 2.36 bits per heavy atom. The second kappa shape index (κ2) is 11.9. The summed E-state index contributed by atoms with van der Waals surface area (Å²) < 4.78 is 7.62. The zero-order chi connectivity index (χ0) is 30.0. The second-order valence-corrected chi connectivity index (χ2v) is 11.1. The van der Waals surface area contributed by atoms with Gasteiger partial charge in [-0.2, -0.15) is 0 Å². The first-order chi connectivity index (χ1) is 21.6. The Morgan fingerprint density at radius 2 is 1.64 bits per heavy atom. The molecule has 5 heterocycles. The summed E-state index contributed by atoms with van der Waals surface area (Å²) >= 11 is 0. The summed E-state index contributed by atoms with van der Waals surface area (Å²) in [5.41, 5.74) is 12.0. The van der Waals surface area contributed by atoms with Crippen molar-refractivity contribution in [1.29, 1.82) is 0 Å². The van der Waals surface area contributed by atoms with Crippen LogP contribution in [-0.4, -0.2) is 88.3 Å². The number of aldehydes is 1. The van der Waals surface area contributed by atoms with Gasteiger partial charge in [-0.15, -0.1) is 0 Å². The summed E-state index contributed by atoms with van der Waals surface area (Å²) in [5, 5.41) is 10.1. The summed E-state index contributed by atoms with van der Waals surface area (Å²) in [5.74, 6) is 2.04. The number of rotatable bonds is 7.